The summed E-state index contributed by atoms with van der Waals surface area (Å²) < 4.78 is 23.0. The lowest BCUT2D eigenvalue weighted by Gasteiger charge is -2.33. The number of nitrogen functional groups attached to an aromatic ring is 1. The van der Waals surface area contributed by atoms with Crippen molar-refractivity contribution in [2.45, 2.75) is 58.2 Å². The highest BCUT2D eigenvalue weighted by molar-refractivity contribution is 5.99. The molecule has 0 aliphatic carbocycles. The fourth-order valence-corrected chi connectivity index (χ4v) is 5.61. The Morgan fingerprint density at radius 2 is 1.98 bits per heavy atom. The van der Waals surface area contributed by atoms with Gasteiger partial charge >= 0.3 is 0 Å². The van der Waals surface area contributed by atoms with E-state index in [1.54, 1.807) is 39.9 Å². The van der Waals surface area contributed by atoms with E-state index < -0.39 is 11.4 Å². The molecule has 1 saturated heterocycles. The van der Waals surface area contributed by atoms with Crippen molar-refractivity contribution in [3.63, 3.8) is 0 Å². The molecule has 0 radical (unpaired) electrons. The van der Waals surface area contributed by atoms with Gasteiger partial charge in [0, 0.05) is 36.3 Å². The number of nitriles is 1. The van der Waals surface area contributed by atoms with Crippen molar-refractivity contribution in [3.8, 4) is 28.8 Å². The van der Waals surface area contributed by atoms with Gasteiger partial charge in [-0.1, -0.05) is 32.0 Å². The molecule has 1 unspecified atom stereocenters. The Balaban J connectivity index is 1.46. The quantitative estimate of drug-likeness (QED) is 0.208. The Kier molecular flexibility index (Phi) is 8.41. The number of nitrogens with zero attached hydrogens (tertiary/aromatic N) is 6. The first-order valence-electron chi connectivity index (χ1n) is 14.3. The molecule has 0 saturated carbocycles. The van der Waals surface area contributed by atoms with Gasteiger partial charge in [-0.25, -0.2) is 19.0 Å². The van der Waals surface area contributed by atoms with Crippen LogP contribution in [0, 0.1) is 17.1 Å². The summed E-state index contributed by atoms with van der Waals surface area (Å²) in [4.78, 5) is 23.8. The van der Waals surface area contributed by atoms with Gasteiger partial charge in [0.2, 0.25) is 0 Å². The van der Waals surface area contributed by atoms with Gasteiger partial charge in [-0.05, 0) is 57.0 Å². The van der Waals surface area contributed by atoms with Crippen LogP contribution < -0.4 is 15.8 Å². The number of para-hydroxylation sites is 1. The lowest BCUT2D eigenvalue weighted by molar-refractivity contribution is -0.128. The van der Waals surface area contributed by atoms with Crippen molar-refractivity contribution in [1.29, 1.82) is 5.26 Å². The van der Waals surface area contributed by atoms with Gasteiger partial charge in [0.25, 0.3) is 5.91 Å². The Hall–Kier alpha value is -4.82. The van der Waals surface area contributed by atoms with E-state index in [0.717, 1.165) is 0 Å². The van der Waals surface area contributed by atoms with Crippen molar-refractivity contribution in [3.05, 3.63) is 72.3 Å². The molecule has 43 heavy (non-hydrogen) atoms. The van der Waals surface area contributed by atoms with Crippen LogP contribution >= 0.6 is 0 Å². The summed E-state index contributed by atoms with van der Waals surface area (Å²) in [5, 5.41) is 18.4. The molecule has 0 bridgehead atoms. The minimum atomic E-state index is -0.544. The van der Waals surface area contributed by atoms with E-state index in [1.165, 1.54) is 12.4 Å². The van der Waals surface area contributed by atoms with Crippen molar-refractivity contribution < 1.29 is 13.9 Å². The predicted molar refractivity (Wildman–Crippen MR) is 163 cm³/mol. The number of hydrogen-bond donors (Lipinski definition) is 2. The highest BCUT2D eigenvalue weighted by Gasteiger charge is 2.31. The summed E-state index contributed by atoms with van der Waals surface area (Å²) in [5.41, 5.74) is 6.80. The second-order valence-electron chi connectivity index (χ2n) is 11.5. The zero-order chi connectivity index (χ0) is 30.7. The van der Waals surface area contributed by atoms with Crippen LogP contribution in [0.2, 0.25) is 0 Å². The molecule has 5 rings (SSSR count). The number of benzene rings is 2. The highest BCUT2D eigenvalue weighted by Crippen LogP contribution is 2.36. The normalized spacial score (nSPS) is 16.0. The molecule has 10 nitrogen and oxygen atoms in total. The number of fused-ring (bicyclic) bond motifs is 1. The summed E-state index contributed by atoms with van der Waals surface area (Å²) in [5.74, 6) is 0.234. The van der Waals surface area contributed by atoms with Crippen LogP contribution in [0.3, 0.4) is 0 Å². The van der Waals surface area contributed by atoms with Crippen LogP contribution in [-0.2, 0) is 4.79 Å². The molecular formula is C32H35FN8O2. The molecule has 1 aliphatic rings. The number of rotatable bonds is 8. The number of hydrogen-bond acceptors (Lipinski definition) is 8. The molecule has 1 atom stereocenters. The van der Waals surface area contributed by atoms with Gasteiger partial charge in [-0.2, -0.15) is 10.4 Å². The highest BCUT2D eigenvalue weighted by atomic mass is 19.1. The third-order valence-electron chi connectivity index (χ3n) is 7.24. The van der Waals surface area contributed by atoms with E-state index >= 15 is 4.39 Å². The lowest BCUT2D eigenvalue weighted by atomic mass is 9.98. The molecule has 2 aromatic heterocycles. The SMILES string of the molecule is CC(C)NC(C)(C)C=C(C#N)C(=O)N1CCCC(n2nc(-c3ccc(Oc4ccccc4)cc3F)c3c(N)ncnc32)C1. The molecule has 0 spiro atoms. The van der Waals surface area contributed by atoms with Gasteiger partial charge in [-0.3, -0.25) is 4.79 Å². The average Bonchev–Trinajstić information content (AvgIpc) is 3.36. The second kappa shape index (κ2) is 12.2. The number of nitrogens with one attached hydrogen (secondary N) is 1. The van der Waals surface area contributed by atoms with Crippen LogP contribution in [-0.4, -0.2) is 55.2 Å². The Bertz CT molecular complexity index is 1710. The number of nitrogens with two attached hydrogens (primary N) is 1. The third-order valence-corrected chi connectivity index (χ3v) is 7.24. The first-order valence-corrected chi connectivity index (χ1v) is 14.3. The molecule has 1 fully saturated rings. The van der Waals surface area contributed by atoms with Gasteiger partial charge in [0.1, 0.15) is 46.8 Å². The van der Waals surface area contributed by atoms with Crippen LogP contribution in [0.4, 0.5) is 10.2 Å². The molecule has 11 heteroatoms. The van der Waals surface area contributed by atoms with Crippen LogP contribution in [0.1, 0.15) is 46.6 Å². The summed E-state index contributed by atoms with van der Waals surface area (Å²) in [7, 11) is 0. The third kappa shape index (κ3) is 6.49. The maximum absolute atomic E-state index is 15.6. The first kappa shape index (κ1) is 29.7. The number of carbonyl (C=O) groups is 1. The van der Waals surface area contributed by atoms with Crippen molar-refractivity contribution in [2.75, 3.05) is 18.8 Å². The molecule has 3 heterocycles. The maximum atomic E-state index is 15.6. The van der Waals surface area contributed by atoms with Crippen LogP contribution in [0.5, 0.6) is 11.5 Å². The number of carbonyl (C=O) groups excluding carboxylic acids is 1. The van der Waals surface area contributed by atoms with E-state index in [4.69, 9.17) is 15.6 Å². The molecule has 222 valence electrons. The Morgan fingerprint density at radius 1 is 1.21 bits per heavy atom. The van der Waals surface area contributed by atoms with Crippen LogP contribution in [0.25, 0.3) is 22.3 Å². The smallest absolute Gasteiger partial charge is 0.264 e. The average molecular weight is 583 g/mol. The molecule has 2 aromatic carbocycles. The molecule has 1 amide bonds. The van der Waals surface area contributed by atoms with Gasteiger partial charge in [0.15, 0.2) is 5.65 Å². The fourth-order valence-electron chi connectivity index (χ4n) is 5.61. The standard InChI is InChI=1S/C32H35FN8O2/c1-20(2)38-32(3,4)16-21(17-34)31(42)40-14-8-9-22(18-40)41-30-27(29(35)36-19-37-30)28(39-41)25-13-12-24(15-26(25)33)43-23-10-6-5-7-11-23/h5-7,10-13,15-16,19-20,22,38H,8-9,14,18H2,1-4H3,(H2,35,36,37). The van der Waals surface area contributed by atoms with E-state index in [-0.39, 0.29) is 34.9 Å². The Morgan fingerprint density at radius 3 is 2.67 bits per heavy atom. The zero-order valence-electron chi connectivity index (χ0n) is 24.7. The summed E-state index contributed by atoms with van der Waals surface area (Å²) in [6, 6.07) is 15.7. The number of likely N-dealkylation sites (tertiary alicyclic amines) is 1. The summed E-state index contributed by atoms with van der Waals surface area (Å²) in [6.07, 6.45) is 4.43. The number of aromatic nitrogens is 4. The zero-order valence-corrected chi connectivity index (χ0v) is 24.7. The maximum Gasteiger partial charge on any atom is 0.264 e. The van der Waals surface area contributed by atoms with E-state index in [2.05, 4.69) is 21.4 Å². The fraction of sp³-hybridized carbons (Fsp3) is 0.344. The minimum Gasteiger partial charge on any atom is -0.457 e. The summed E-state index contributed by atoms with van der Waals surface area (Å²) in [6.45, 7) is 8.69. The first-order chi connectivity index (χ1) is 20.6. The van der Waals surface area contributed by atoms with Crippen molar-refractivity contribution in [2.24, 2.45) is 0 Å². The topological polar surface area (TPSA) is 135 Å². The monoisotopic (exact) mass is 582 g/mol. The number of amides is 1. The predicted octanol–water partition coefficient (Wildman–Crippen LogP) is 5.40. The lowest BCUT2D eigenvalue weighted by Crippen LogP contribution is -2.44. The summed E-state index contributed by atoms with van der Waals surface area (Å²) >= 11 is 0. The number of anilines is 1. The molecule has 1 aliphatic heterocycles. The van der Waals surface area contributed by atoms with Gasteiger partial charge in [0.05, 0.1) is 11.4 Å². The van der Waals surface area contributed by atoms with Crippen molar-refractivity contribution >= 4 is 22.8 Å². The molecular weight excluding hydrogens is 547 g/mol. The number of ether oxygens (including phenoxy) is 1. The molecule has 3 N–H and O–H groups in total. The van der Waals surface area contributed by atoms with Gasteiger partial charge in [-0.15, -0.1) is 0 Å². The van der Waals surface area contributed by atoms with E-state index in [9.17, 15) is 10.1 Å². The van der Waals surface area contributed by atoms with Gasteiger partial charge < -0.3 is 20.7 Å². The van der Waals surface area contributed by atoms with Crippen LogP contribution in [0.15, 0.2) is 66.5 Å². The van der Waals surface area contributed by atoms with E-state index in [1.807, 2.05) is 45.9 Å². The molecule has 4 aromatic rings. The Labute approximate surface area is 250 Å². The van der Waals surface area contributed by atoms with Crippen molar-refractivity contribution in [1.82, 2.24) is 30.0 Å². The van der Waals surface area contributed by atoms with E-state index in [0.29, 0.717) is 54.2 Å². The minimum absolute atomic E-state index is 0.0799. The largest absolute Gasteiger partial charge is 0.457 e. The second-order valence-corrected chi connectivity index (χ2v) is 11.5. The number of piperidine rings is 1. The number of halogens is 1.